The maximum absolute atomic E-state index is 2.19. The molecule has 0 aromatic rings. The molecule has 0 aliphatic heterocycles. The summed E-state index contributed by atoms with van der Waals surface area (Å²) in [4.78, 5) is 0. The summed E-state index contributed by atoms with van der Waals surface area (Å²) in [6, 6.07) is 0. The molecule has 0 aromatic carbocycles. The van der Waals surface area contributed by atoms with E-state index in [0.29, 0.717) is 0 Å². The highest BCUT2D eigenvalue weighted by molar-refractivity contribution is 6.08. The molecule has 42 valence electrons. The molecule has 3 N–H and O–H groups in total. The zero-order valence-corrected chi connectivity index (χ0v) is 7.86. The van der Waals surface area contributed by atoms with Gasteiger partial charge in [0.2, 0.25) is 16.3 Å². The molecule has 0 heterocycles. The van der Waals surface area contributed by atoms with E-state index in [4.69, 9.17) is 0 Å². The predicted molar refractivity (Wildman–Crippen MR) is 38.5 cm³/mol. The van der Waals surface area contributed by atoms with Gasteiger partial charge in [-0.2, -0.15) is 0 Å². The molecule has 0 bridgehead atoms. The Hall–Kier alpha value is 1.07. The van der Waals surface area contributed by atoms with Gasteiger partial charge < -0.3 is 6.15 Å². The summed E-state index contributed by atoms with van der Waals surface area (Å²) in [5, 5.41) is 1.39. The van der Waals surface area contributed by atoms with Gasteiger partial charge in [-0.15, -0.1) is 30.1 Å². The molecule has 0 spiro atoms. The average molecular weight is 148 g/mol. The minimum Gasteiger partial charge on any atom is -0.344 e. The molecule has 0 saturated carbocycles. The van der Waals surface area contributed by atoms with E-state index in [1.807, 2.05) is 0 Å². The second kappa shape index (κ2) is 36.4. The molecule has 0 aliphatic rings. The maximum atomic E-state index is 2.19. The van der Waals surface area contributed by atoms with E-state index >= 15 is 0 Å². The highest BCUT2D eigenvalue weighted by Gasteiger charge is 1.41. The third kappa shape index (κ3) is 73.1. The zero-order valence-electron chi connectivity index (χ0n) is 4.23. The van der Waals surface area contributed by atoms with Crippen molar-refractivity contribution in [1.29, 1.82) is 0 Å². The summed E-state index contributed by atoms with van der Waals surface area (Å²) in [5.41, 5.74) is 0. The zero-order chi connectivity index (χ0) is 2.71. The van der Waals surface area contributed by atoms with E-state index in [1.54, 1.807) is 0 Å². The highest BCUT2D eigenvalue weighted by atomic mass is 35.5. The Kier molecular flexibility index (Phi) is 167. The molecule has 0 saturated heterocycles. The van der Waals surface area contributed by atoms with Crippen molar-refractivity contribution in [3.63, 3.8) is 0 Å². The van der Waals surface area contributed by atoms with Gasteiger partial charge in [0.25, 0.3) is 0 Å². The van der Waals surface area contributed by atoms with E-state index < -0.39 is 0 Å². The van der Waals surface area contributed by atoms with Crippen molar-refractivity contribution >= 4 is 41.1 Å². The first-order chi connectivity index (χ1) is 1.41. The van der Waals surface area contributed by atoms with E-state index in [-0.39, 0.29) is 31.0 Å². The van der Waals surface area contributed by atoms with Crippen LogP contribution in [0.25, 0.3) is 0 Å². The number of hydrogen-bond donors (Lipinski definition) is 1. The van der Waals surface area contributed by atoms with Crippen LogP contribution in [0.15, 0.2) is 0 Å². The molecule has 0 rings (SSSR count). The van der Waals surface area contributed by atoms with Gasteiger partial charge in [0.15, 0.2) is 0 Å². The van der Waals surface area contributed by atoms with Crippen LogP contribution in [0.2, 0.25) is 5.28 Å². The lowest BCUT2D eigenvalue weighted by Gasteiger charge is -1.44. The van der Waals surface area contributed by atoms with Crippen molar-refractivity contribution in [1.82, 2.24) is 6.15 Å². The lowest BCUT2D eigenvalue weighted by atomic mass is 11.0. The summed E-state index contributed by atoms with van der Waals surface area (Å²) < 4.78 is 0. The Balaban J connectivity index is -0.00000000667. The van der Waals surface area contributed by atoms with Crippen LogP contribution >= 0.6 is 24.8 Å². The normalized spacial score (nSPS) is 2.83. The molecule has 0 fully saturated rings. The largest absolute Gasteiger partial charge is 0.344 e. The minimum atomic E-state index is 0. The lowest BCUT2D eigenvalue weighted by Crippen LogP contribution is -1.41. The van der Waals surface area contributed by atoms with Crippen molar-refractivity contribution in [2.45, 2.75) is 12.2 Å². The number of rotatable bonds is 0. The third-order valence-corrected chi connectivity index (χ3v) is 0. The summed E-state index contributed by atoms with van der Waals surface area (Å²) in [7, 11) is 0. The minimum absolute atomic E-state index is 0. The first kappa shape index (κ1) is 27.6. The van der Waals surface area contributed by atoms with E-state index in [0.717, 1.165) is 0 Å². The summed E-state index contributed by atoms with van der Waals surface area (Å²) >= 11 is 1.37. The van der Waals surface area contributed by atoms with E-state index in [1.165, 1.54) is 21.6 Å². The van der Waals surface area contributed by atoms with Crippen LogP contribution in [0.4, 0.5) is 0 Å². The van der Waals surface area contributed by atoms with Crippen molar-refractivity contribution < 1.29 is 0 Å². The molecular formula is C2H12AlCl2N. The summed E-state index contributed by atoms with van der Waals surface area (Å²) in [6.07, 6.45) is 0. The molecule has 6 heavy (non-hydrogen) atoms. The van der Waals surface area contributed by atoms with Crippen LogP contribution in [0.3, 0.4) is 0 Å². The molecule has 1 nitrogen and oxygen atoms in total. The first-order valence-electron chi connectivity index (χ1n) is 1.41. The van der Waals surface area contributed by atoms with E-state index in [9.17, 15) is 0 Å². The second-order valence-corrected chi connectivity index (χ2v) is 2.12. The Morgan fingerprint density at radius 1 is 1.33 bits per heavy atom. The molecule has 0 unspecified atom stereocenters. The van der Waals surface area contributed by atoms with Crippen LogP contribution in [0.1, 0.15) is 6.92 Å². The van der Waals surface area contributed by atoms with Crippen LogP contribution in [-0.2, 0) is 0 Å². The van der Waals surface area contributed by atoms with Crippen molar-refractivity contribution in [3.8, 4) is 0 Å². The maximum Gasteiger partial charge on any atom is 0.211 e. The summed E-state index contributed by atoms with van der Waals surface area (Å²) in [5.74, 6) is 0. The fourth-order valence-electron chi connectivity index (χ4n) is 0. The predicted octanol–water partition coefficient (Wildman–Crippen LogP) is 1.06. The molecule has 4 heteroatoms. The Bertz CT molecular complexity index is 11.5. The topological polar surface area (TPSA) is 35.0 Å². The van der Waals surface area contributed by atoms with Crippen LogP contribution in [-0.4, -0.2) is 16.3 Å². The summed E-state index contributed by atoms with van der Waals surface area (Å²) in [6.45, 7) is 2.19. The third-order valence-electron chi connectivity index (χ3n) is 0. The van der Waals surface area contributed by atoms with Crippen molar-refractivity contribution in [2.24, 2.45) is 0 Å². The fourth-order valence-corrected chi connectivity index (χ4v) is 0. The van der Waals surface area contributed by atoms with Crippen LogP contribution in [0, 0.1) is 0 Å². The monoisotopic (exact) mass is 147 g/mol. The smallest absolute Gasteiger partial charge is 0.211 e. The van der Waals surface area contributed by atoms with Crippen molar-refractivity contribution in [2.75, 3.05) is 0 Å². The van der Waals surface area contributed by atoms with Gasteiger partial charge in [0, 0.05) is 0 Å². The van der Waals surface area contributed by atoms with Gasteiger partial charge in [-0.25, -0.2) is 0 Å². The standard InChI is InChI=1S/C2H5.Al.2ClH.H3N.2H/c1-2;;;;;;/h1H2,2H3;;2*1H;1H3;;. The van der Waals surface area contributed by atoms with Gasteiger partial charge in [-0.1, -0.05) is 6.92 Å². The lowest BCUT2D eigenvalue weighted by molar-refractivity contribution is 1.48. The number of halogens is 2. The molecule has 0 radical (unpaired) electrons. The van der Waals surface area contributed by atoms with Gasteiger partial charge >= 0.3 is 0 Å². The molecule has 0 atom stereocenters. The van der Waals surface area contributed by atoms with Gasteiger partial charge in [-0.3, -0.25) is 0 Å². The second-order valence-electron chi connectivity index (χ2n) is 0.707. The van der Waals surface area contributed by atoms with Crippen LogP contribution < -0.4 is 6.15 Å². The molecule has 0 aliphatic carbocycles. The van der Waals surface area contributed by atoms with Gasteiger partial charge in [0.05, 0.1) is 0 Å². The Labute approximate surface area is 59.7 Å². The number of hydrogen-bond acceptors (Lipinski definition) is 1. The Morgan fingerprint density at radius 2 is 1.33 bits per heavy atom. The van der Waals surface area contributed by atoms with Gasteiger partial charge in [0.1, 0.15) is 0 Å². The average Bonchev–Trinajstić information content (AvgIpc) is 0.918. The SMILES string of the molecule is C[CH2][AlH2].Cl.Cl.N. The van der Waals surface area contributed by atoms with Gasteiger partial charge in [-0.05, 0) is 0 Å². The Morgan fingerprint density at radius 3 is 1.33 bits per heavy atom. The molecule has 0 amide bonds. The highest BCUT2D eigenvalue weighted by Crippen LogP contribution is 1.49. The van der Waals surface area contributed by atoms with Crippen LogP contribution in [0.5, 0.6) is 0 Å². The van der Waals surface area contributed by atoms with Crippen molar-refractivity contribution in [3.05, 3.63) is 0 Å². The molecular weight excluding hydrogens is 136 g/mol. The quantitative estimate of drug-likeness (QED) is 0.512. The van der Waals surface area contributed by atoms with E-state index in [2.05, 4.69) is 6.92 Å². The first-order valence-corrected chi connectivity index (χ1v) is 2.83. The molecule has 0 aromatic heterocycles. The fraction of sp³-hybridized carbons (Fsp3) is 1.00.